The molecule has 0 amide bonds. The van der Waals surface area contributed by atoms with Crippen molar-refractivity contribution in [2.45, 2.75) is 0 Å². The zero-order chi connectivity index (χ0) is 34.5. The number of carbonyl (C=O) groups is 6. The second-order valence-electron chi connectivity index (χ2n) is 7.57. The molecule has 23 heteroatoms. The predicted molar refractivity (Wildman–Crippen MR) is 144 cm³/mol. The minimum absolute atomic E-state index is 0. The van der Waals surface area contributed by atoms with Crippen LogP contribution in [0.2, 0.25) is 0 Å². The van der Waals surface area contributed by atoms with Gasteiger partial charge in [-0.05, 0) is 36.4 Å². The summed E-state index contributed by atoms with van der Waals surface area (Å²) in [5.74, 6) is -9.09. The fourth-order valence-electron chi connectivity index (χ4n) is 2.47. The summed E-state index contributed by atoms with van der Waals surface area (Å²) in [5, 5.41) is 61.1. The molecule has 50 heavy (non-hydrogen) atoms. The van der Waals surface area contributed by atoms with Gasteiger partial charge in [-0.15, -0.1) is 0 Å². The van der Waals surface area contributed by atoms with Gasteiger partial charge in [0.1, 0.15) is 24.8 Å². The average Bonchev–Trinajstić information content (AvgIpc) is 3.82. The van der Waals surface area contributed by atoms with Gasteiger partial charge < -0.3 is 75.8 Å². The van der Waals surface area contributed by atoms with Gasteiger partial charge in [0.2, 0.25) is 12.7 Å². The van der Waals surface area contributed by atoms with Gasteiger partial charge in [-0.2, -0.15) is 0 Å². The number of imidazole rings is 2. The summed E-state index contributed by atoms with van der Waals surface area (Å²) < 4.78 is 0. The van der Waals surface area contributed by atoms with Crippen molar-refractivity contribution >= 4 is 35.8 Å². The summed E-state index contributed by atoms with van der Waals surface area (Å²) in [4.78, 5) is 82.1. The number of hydrogen-bond donors (Lipinski definition) is 2. The number of carbonyl (C=O) groups excluding carboxylic acids is 6. The SMILES string of the molecule is O.O.O.O=C([O-])c1cccc(C(=O)[O-])n1.O=C([O-])c1cccc(C(=O)[O-])n1.O=C([O-])c1cccc(C(=O)[O-])n1.[Th+4].c1c[nH+]c[nH]1.c1c[nH+]c[nH]1. The molecule has 0 aliphatic rings. The van der Waals surface area contributed by atoms with Gasteiger partial charge in [-0.1, -0.05) is 18.2 Å². The van der Waals surface area contributed by atoms with Crippen LogP contribution in [0, 0.1) is 39.9 Å². The molecule has 0 saturated heterocycles. The number of pyridine rings is 3. The maximum Gasteiger partial charge on any atom is 4.00 e. The first-order valence-corrected chi connectivity index (χ1v) is 12.0. The van der Waals surface area contributed by atoms with E-state index in [0.29, 0.717) is 0 Å². The molecule has 0 unspecified atom stereocenters. The Morgan fingerprint density at radius 1 is 0.440 bits per heavy atom. The summed E-state index contributed by atoms with van der Waals surface area (Å²) >= 11 is 0. The van der Waals surface area contributed by atoms with E-state index >= 15 is 0 Å². The molecule has 0 spiro atoms. The Bertz CT molecular complexity index is 1430. The predicted octanol–water partition coefficient (Wildman–Crippen LogP) is -9.39. The molecule has 10 N–H and O–H groups in total. The Kier molecular flexibility index (Phi) is 28.4. The Labute approximate surface area is 311 Å². The molecule has 0 bridgehead atoms. The van der Waals surface area contributed by atoms with Crippen molar-refractivity contribution in [2.75, 3.05) is 0 Å². The van der Waals surface area contributed by atoms with Gasteiger partial charge in [0.05, 0.1) is 70.0 Å². The maximum atomic E-state index is 10.2. The van der Waals surface area contributed by atoms with Gasteiger partial charge >= 0.3 is 39.9 Å². The maximum absolute atomic E-state index is 10.2. The summed E-state index contributed by atoms with van der Waals surface area (Å²) in [6, 6.07) is 10.6. The molecule has 0 radical (unpaired) electrons. The first-order chi connectivity index (χ1) is 21.8. The normalized spacial score (nSPS) is 8.32. The Morgan fingerprint density at radius 3 is 0.740 bits per heavy atom. The van der Waals surface area contributed by atoms with E-state index in [9.17, 15) is 59.4 Å². The average molecular weight is 920 g/mol. The smallest absolute Gasteiger partial charge is 0.543 e. The van der Waals surface area contributed by atoms with Crippen LogP contribution in [0.3, 0.4) is 0 Å². The van der Waals surface area contributed by atoms with Crippen LogP contribution in [-0.4, -0.2) is 77.2 Å². The van der Waals surface area contributed by atoms with Crippen LogP contribution in [0.15, 0.2) is 92.0 Å². The van der Waals surface area contributed by atoms with E-state index in [1.807, 2.05) is 24.8 Å². The molecule has 5 heterocycles. The van der Waals surface area contributed by atoms with Crippen LogP contribution in [-0.2, 0) is 0 Å². The van der Waals surface area contributed by atoms with Crippen LogP contribution < -0.4 is 40.6 Å². The van der Waals surface area contributed by atoms with E-state index < -0.39 is 70.0 Å². The molecular formula is C27H25N7O15Th. The number of aromatic nitrogens is 7. The number of aromatic amines is 4. The third kappa shape index (κ3) is 20.9. The monoisotopic (exact) mass is 919 g/mol. The topological polar surface area (TPSA) is 434 Å². The number of carboxylic acids is 6. The van der Waals surface area contributed by atoms with Gasteiger partial charge in [-0.25, -0.2) is 15.0 Å². The number of carboxylic acid groups (broad SMARTS) is 6. The van der Waals surface area contributed by atoms with Crippen molar-refractivity contribution in [1.29, 1.82) is 0 Å². The quantitative estimate of drug-likeness (QED) is 0.160. The minimum Gasteiger partial charge on any atom is -0.543 e. The molecule has 262 valence electrons. The molecule has 0 atom stereocenters. The van der Waals surface area contributed by atoms with Crippen LogP contribution in [0.5, 0.6) is 0 Å². The number of hydrogen-bond acceptors (Lipinski definition) is 15. The van der Waals surface area contributed by atoms with Crippen molar-refractivity contribution in [3.63, 3.8) is 0 Å². The zero-order valence-electron chi connectivity index (χ0n) is 24.9. The second kappa shape index (κ2) is 28.0. The summed E-state index contributed by atoms with van der Waals surface area (Å²) in [7, 11) is 0. The van der Waals surface area contributed by atoms with Crippen molar-refractivity contribution < 1.29 is 126 Å². The molecule has 22 nitrogen and oxygen atoms in total. The number of aromatic carboxylic acids is 6. The van der Waals surface area contributed by atoms with E-state index in [2.05, 4.69) is 34.9 Å². The Hall–Kier alpha value is -6.11. The first-order valence-electron chi connectivity index (χ1n) is 12.0. The molecule has 0 saturated carbocycles. The minimum atomic E-state index is -1.52. The van der Waals surface area contributed by atoms with Crippen molar-refractivity contribution in [3.05, 3.63) is 126 Å². The van der Waals surface area contributed by atoms with Crippen LogP contribution in [0.1, 0.15) is 62.9 Å². The molecule has 0 aromatic carbocycles. The van der Waals surface area contributed by atoms with Gasteiger partial charge in [0.25, 0.3) is 0 Å². The zero-order valence-corrected chi connectivity index (χ0v) is 29.0. The van der Waals surface area contributed by atoms with Crippen molar-refractivity contribution in [2.24, 2.45) is 0 Å². The first kappa shape index (κ1) is 50.7. The van der Waals surface area contributed by atoms with Crippen molar-refractivity contribution in [3.8, 4) is 0 Å². The van der Waals surface area contributed by atoms with E-state index in [1.54, 1.807) is 12.7 Å². The molecule has 5 aromatic heterocycles. The van der Waals surface area contributed by atoms with E-state index in [4.69, 9.17) is 0 Å². The number of rotatable bonds is 6. The largest absolute Gasteiger partial charge is 4.00 e. The van der Waals surface area contributed by atoms with Crippen LogP contribution >= 0.6 is 0 Å². The molecule has 0 aliphatic heterocycles. The molecule has 0 aliphatic carbocycles. The summed E-state index contributed by atoms with van der Waals surface area (Å²) in [5.41, 5.74) is -2.52. The third-order valence-electron chi connectivity index (χ3n) is 4.39. The fraction of sp³-hybridized carbons (Fsp3) is 0. The van der Waals surface area contributed by atoms with E-state index in [0.717, 1.165) is 36.4 Å². The summed E-state index contributed by atoms with van der Waals surface area (Å²) in [6.07, 6.45) is 10.8. The van der Waals surface area contributed by atoms with Gasteiger partial charge in [-0.3, -0.25) is 19.9 Å². The second-order valence-corrected chi connectivity index (χ2v) is 7.57. The fourth-order valence-corrected chi connectivity index (χ4v) is 2.47. The molecule has 0 fully saturated rings. The molecular weight excluding hydrogens is 894 g/mol. The van der Waals surface area contributed by atoms with E-state index in [-0.39, 0.29) is 56.4 Å². The third-order valence-corrected chi connectivity index (χ3v) is 4.39. The number of nitrogens with one attached hydrogen (secondary N) is 4. The van der Waals surface area contributed by atoms with Crippen molar-refractivity contribution in [1.82, 2.24) is 24.9 Å². The Balaban J connectivity index is -0.000000269. The van der Waals surface area contributed by atoms with Crippen LogP contribution in [0.4, 0.5) is 0 Å². The van der Waals surface area contributed by atoms with Gasteiger partial charge in [0.15, 0.2) is 0 Å². The number of H-pyrrole nitrogens is 4. The van der Waals surface area contributed by atoms with Gasteiger partial charge in [0, 0.05) is 0 Å². The van der Waals surface area contributed by atoms with Crippen LogP contribution in [0.25, 0.3) is 0 Å². The number of nitrogens with zero attached hydrogens (tertiary/aromatic N) is 3. The van der Waals surface area contributed by atoms with E-state index in [1.165, 1.54) is 18.2 Å². The standard InChI is InChI=1S/3C7H5NO4.2C3H4N2.3H2O.Th/c3*9-6(10)4-2-1-3-5(8-4)7(11)12;2*1-2-5-3-4-1;;;;/h3*1-3H,(H,9,10)(H,11,12);2*1-3H,(H,4,5);3*1H2;/q;;;;;;;;+4/p-4. The molecule has 5 aromatic rings. The Morgan fingerprint density at radius 2 is 0.640 bits per heavy atom. The molecule has 5 rings (SSSR count). The summed E-state index contributed by atoms with van der Waals surface area (Å²) in [6.45, 7) is 0.